The second kappa shape index (κ2) is 6.22. The van der Waals surface area contributed by atoms with Crippen LogP contribution in [0.2, 0.25) is 0 Å². The summed E-state index contributed by atoms with van der Waals surface area (Å²) in [5.41, 5.74) is 3.20. The molecule has 0 aromatic carbocycles. The average molecular weight is 280 g/mol. The lowest BCUT2D eigenvalue weighted by Gasteiger charge is -2.36. The molecule has 0 saturated carbocycles. The molecule has 0 heterocycles. The van der Waals surface area contributed by atoms with Crippen LogP contribution in [0, 0.1) is 29.6 Å². The minimum absolute atomic E-state index is 0.669. The maximum atomic E-state index is 2.49. The molecule has 0 heteroatoms. The van der Waals surface area contributed by atoms with E-state index in [0.29, 0.717) is 17.8 Å². The molecule has 0 nitrogen and oxygen atoms in total. The quantitative estimate of drug-likeness (QED) is 0.607. The second-order valence-electron chi connectivity index (χ2n) is 7.24. The second-order valence-corrected chi connectivity index (χ2v) is 7.24. The van der Waals surface area contributed by atoms with Crippen molar-refractivity contribution >= 4 is 0 Å². The highest BCUT2D eigenvalue weighted by atomic mass is 14.3. The zero-order valence-electron chi connectivity index (χ0n) is 13.6. The van der Waals surface area contributed by atoms with Crippen molar-refractivity contribution in [3.8, 4) is 0 Å². The van der Waals surface area contributed by atoms with Crippen molar-refractivity contribution in [3.05, 3.63) is 59.8 Å². The Bertz CT molecular complexity index is 526. The summed E-state index contributed by atoms with van der Waals surface area (Å²) in [5, 5.41) is 0. The molecule has 3 aliphatic carbocycles. The van der Waals surface area contributed by atoms with Crippen LogP contribution in [0.25, 0.3) is 0 Å². The molecule has 0 bridgehead atoms. The van der Waals surface area contributed by atoms with Gasteiger partial charge in [-0.2, -0.15) is 0 Å². The first-order valence-electron chi connectivity index (χ1n) is 8.57. The largest absolute Gasteiger partial charge is 0.0814 e. The number of fused-ring (bicyclic) bond motifs is 1. The van der Waals surface area contributed by atoms with Gasteiger partial charge < -0.3 is 0 Å². The molecular formula is C21H28. The summed E-state index contributed by atoms with van der Waals surface area (Å²) in [4.78, 5) is 0. The van der Waals surface area contributed by atoms with Crippen LogP contribution in [0.15, 0.2) is 59.8 Å². The molecule has 0 amide bonds. The molecule has 5 atom stereocenters. The molecular weight excluding hydrogens is 252 g/mol. The van der Waals surface area contributed by atoms with Crippen LogP contribution < -0.4 is 0 Å². The van der Waals surface area contributed by atoms with Gasteiger partial charge >= 0.3 is 0 Å². The van der Waals surface area contributed by atoms with E-state index < -0.39 is 0 Å². The van der Waals surface area contributed by atoms with E-state index >= 15 is 0 Å². The predicted octanol–water partition coefficient (Wildman–Crippen LogP) is 5.86. The molecule has 3 rings (SSSR count). The third-order valence-corrected chi connectivity index (χ3v) is 5.81. The summed E-state index contributed by atoms with van der Waals surface area (Å²) in [5.74, 6) is 3.69. The van der Waals surface area contributed by atoms with E-state index in [-0.39, 0.29) is 0 Å². The summed E-state index contributed by atoms with van der Waals surface area (Å²) in [6, 6.07) is 0. The molecule has 21 heavy (non-hydrogen) atoms. The molecule has 5 unspecified atom stereocenters. The van der Waals surface area contributed by atoms with Crippen LogP contribution in [0.1, 0.15) is 40.0 Å². The Morgan fingerprint density at radius 1 is 1.10 bits per heavy atom. The van der Waals surface area contributed by atoms with Gasteiger partial charge in [-0.1, -0.05) is 75.0 Å². The van der Waals surface area contributed by atoms with Gasteiger partial charge in [0.25, 0.3) is 0 Å². The predicted molar refractivity (Wildman–Crippen MR) is 91.9 cm³/mol. The Balaban J connectivity index is 1.68. The van der Waals surface area contributed by atoms with Crippen LogP contribution in [0.3, 0.4) is 0 Å². The first kappa shape index (κ1) is 14.6. The molecule has 112 valence electrons. The summed E-state index contributed by atoms with van der Waals surface area (Å²) in [7, 11) is 0. The molecule has 3 aliphatic rings. The van der Waals surface area contributed by atoms with Crippen LogP contribution in [0.5, 0.6) is 0 Å². The molecule has 0 aromatic heterocycles. The number of hydrogen-bond donors (Lipinski definition) is 0. The maximum Gasteiger partial charge on any atom is 0.00207 e. The lowest BCUT2D eigenvalue weighted by atomic mass is 9.69. The molecule has 0 aromatic rings. The number of allylic oxidation sites excluding steroid dienone is 10. The molecule has 0 saturated heterocycles. The lowest BCUT2D eigenvalue weighted by molar-refractivity contribution is 0.247. The highest BCUT2D eigenvalue weighted by molar-refractivity contribution is 5.34. The molecule has 0 radical (unpaired) electrons. The first-order chi connectivity index (χ1) is 10.1. The standard InChI is InChI=1S/C21H28/c1-15-7-6-10-19(13-15)16(2)17(3)20-12-11-18-8-4-5-9-21(18)14-20/h4-11,15-17,20-21H,12-14H2,1-3H3. The minimum Gasteiger partial charge on any atom is -0.0814 e. The van der Waals surface area contributed by atoms with Crippen molar-refractivity contribution in [3.63, 3.8) is 0 Å². The number of hydrogen-bond acceptors (Lipinski definition) is 0. The van der Waals surface area contributed by atoms with E-state index in [4.69, 9.17) is 0 Å². The fraction of sp³-hybridized carbons (Fsp3) is 0.524. The van der Waals surface area contributed by atoms with Gasteiger partial charge in [-0.25, -0.2) is 0 Å². The van der Waals surface area contributed by atoms with Crippen LogP contribution >= 0.6 is 0 Å². The Labute approximate surface area is 130 Å². The van der Waals surface area contributed by atoms with Crippen molar-refractivity contribution in [2.24, 2.45) is 29.6 Å². The molecule has 0 aliphatic heterocycles. The maximum absolute atomic E-state index is 2.49. The van der Waals surface area contributed by atoms with Gasteiger partial charge in [-0.05, 0) is 48.5 Å². The summed E-state index contributed by atoms with van der Waals surface area (Å²) >= 11 is 0. The van der Waals surface area contributed by atoms with Gasteiger partial charge in [0.1, 0.15) is 0 Å². The van der Waals surface area contributed by atoms with Crippen LogP contribution in [-0.2, 0) is 0 Å². The average Bonchev–Trinajstić information content (AvgIpc) is 2.53. The third-order valence-electron chi connectivity index (χ3n) is 5.81. The van der Waals surface area contributed by atoms with Gasteiger partial charge in [0.15, 0.2) is 0 Å². The zero-order chi connectivity index (χ0) is 14.8. The van der Waals surface area contributed by atoms with Crippen molar-refractivity contribution in [1.29, 1.82) is 0 Å². The van der Waals surface area contributed by atoms with E-state index in [1.165, 1.54) is 19.3 Å². The normalized spacial score (nSPS) is 34.0. The Morgan fingerprint density at radius 2 is 1.95 bits per heavy atom. The van der Waals surface area contributed by atoms with Crippen molar-refractivity contribution in [1.82, 2.24) is 0 Å². The lowest BCUT2D eigenvalue weighted by Crippen LogP contribution is -2.26. The zero-order valence-corrected chi connectivity index (χ0v) is 13.6. The monoisotopic (exact) mass is 280 g/mol. The van der Waals surface area contributed by atoms with Gasteiger partial charge in [0, 0.05) is 5.92 Å². The van der Waals surface area contributed by atoms with Gasteiger partial charge in [0.05, 0.1) is 0 Å². The number of rotatable bonds is 3. The highest BCUT2D eigenvalue weighted by Gasteiger charge is 2.30. The van der Waals surface area contributed by atoms with Crippen molar-refractivity contribution in [2.45, 2.75) is 40.0 Å². The fourth-order valence-electron chi connectivity index (χ4n) is 4.13. The first-order valence-corrected chi connectivity index (χ1v) is 8.57. The van der Waals surface area contributed by atoms with E-state index in [9.17, 15) is 0 Å². The Hall–Kier alpha value is -1.30. The molecule has 0 spiro atoms. The third kappa shape index (κ3) is 3.15. The molecule has 0 N–H and O–H groups in total. The smallest absolute Gasteiger partial charge is 0.00207 e. The van der Waals surface area contributed by atoms with Gasteiger partial charge in [-0.15, -0.1) is 0 Å². The van der Waals surface area contributed by atoms with E-state index in [2.05, 4.69) is 69.4 Å². The summed E-state index contributed by atoms with van der Waals surface area (Å²) in [6.45, 7) is 7.24. The van der Waals surface area contributed by atoms with Crippen molar-refractivity contribution in [2.75, 3.05) is 0 Å². The highest BCUT2D eigenvalue weighted by Crippen LogP contribution is 2.41. The Morgan fingerprint density at radius 3 is 2.76 bits per heavy atom. The van der Waals surface area contributed by atoms with E-state index in [1.54, 1.807) is 11.1 Å². The van der Waals surface area contributed by atoms with E-state index in [0.717, 1.165) is 11.8 Å². The van der Waals surface area contributed by atoms with Crippen molar-refractivity contribution < 1.29 is 0 Å². The van der Waals surface area contributed by atoms with Gasteiger partial charge in [0.2, 0.25) is 0 Å². The fourth-order valence-corrected chi connectivity index (χ4v) is 4.13. The summed E-state index contributed by atoms with van der Waals surface area (Å²) < 4.78 is 0. The van der Waals surface area contributed by atoms with Crippen LogP contribution in [0.4, 0.5) is 0 Å². The van der Waals surface area contributed by atoms with Crippen LogP contribution in [-0.4, -0.2) is 0 Å². The topological polar surface area (TPSA) is 0 Å². The summed E-state index contributed by atoms with van der Waals surface area (Å²) in [6.07, 6.45) is 22.4. The molecule has 0 fully saturated rings. The Kier molecular flexibility index (Phi) is 4.33. The minimum atomic E-state index is 0.669. The SMILES string of the molecule is CC1C=CC=C(C(C)C(C)C2CC=C3C=CC=CC3C2)C1. The van der Waals surface area contributed by atoms with Gasteiger partial charge in [-0.3, -0.25) is 0 Å². The van der Waals surface area contributed by atoms with E-state index in [1.807, 2.05) is 0 Å².